The molecule has 1 aliphatic rings. The Balaban J connectivity index is 1.76. The summed E-state index contributed by atoms with van der Waals surface area (Å²) in [5, 5.41) is 24.4. The van der Waals surface area contributed by atoms with Crippen LogP contribution in [0.4, 0.5) is 5.69 Å². The average Bonchev–Trinajstić information content (AvgIpc) is 2.94. The fourth-order valence-electron chi connectivity index (χ4n) is 4.57. The quantitative estimate of drug-likeness (QED) is 0.152. The number of hydrogen-bond donors (Lipinski definition) is 2. The first kappa shape index (κ1) is 30.0. The van der Waals surface area contributed by atoms with Gasteiger partial charge in [-0.05, 0) is 57.7 Å². The van der Waals surface area contributed by atoms with Gasteiger partial charge < -0.3 is 29.4 Å². The van der Waals surface area contributed by atoms with Crippen molar-refractivity contribution in [3.8, 4) is 17.2 Å². The Hall–Kier alpha value is -4.54. The Kier molecular flexibility index (Phi) is 10.5. The molecule has 0 atom stereocenters. The molecule has 2 aromatic rings. The third-order valence-corrected chi connectivity index (χ3v) is 6.51. The largest absolute Gasteiger partial charge is 0.504 e. The van der Waals surface area contributed by atoms with Crippen molar-refractivity contribution in [3.63, 3.8) is 0 Å². The minimum absolute atomic E-state index is 0.101. The minimum Gasteiger partial charge on any atom is -0.504 e. The van der Waals surface area contributed by atoms with Crippen molar-refractivity contribution in [1.82, 2.24) is 5.32 Å². The van der Waals surface area contributed by atoms with E-state index in [1.165, 1.54) is 32.4 Å². The number of unbranched alkanes of at least 4 members (excludes halogenated alkanes) is 3. The van der Waals surface area contributed by atoms with E-state index in [-0.39, 0.29) is 28.1 Å². The topological polar surface area (TPSA) is 146 Å². The maximum Gasteiger partial charge on any atom is 0.336 e. The molecule has 0 aromatic heterocycles. The fourth-order valence-corrected chi connectivity index (χ4v) is 4.57. The number of nitrogens with zero attached hydrogens (tertiary/aromatic N) is 1. The summed E-state index contributed by atoms with van der Waals surface area (Å²) in [6, 6.07) is 10.9. The predicted octanol–water partition coefficient (Wildman–Crippen LogP) is 4.90. The van der Waals surface area contributed by atoms with Crippen LogP contribution in [0.1, 0.15) is 51.0 Å². The van der Waals surface area contributed by atoms with Gasteiger partial charge in [-0.25, -0.2) is 9.59 Å². The number of methoxy groups -OCH3 is 2. The molecule has 1 aliphatic heterocycles. The first-order chi connectivity index (χ1) is 19.2. The number of allylic oxidation sites excluding steroid dienone is 2. The number of nitro benzene ring substituents is 1. The van der Waals surface area contributed by atoms with Crippen LogP contribution in [0.3, 0.4) is 0 Å². The molecule has 0 bridgehead atoms. The standard InChI is InChI=1S/C29H34N2O9/c1-18-25(28(33)37-3)27(26(19(2)30-18)29(34)38-4)21-17-20(31(35)36)13-14-23(21)39-15-9-5-6-10-16-40-24-12-8-7-11-22(24)32/h7-8,11-14,17,27,30,32H,5-6,9-10,15-16H2,1-4H3. The van der Waals surface area contributed by atoms with Gasteiger partial charge in [0.2, 0.25) is 0 Å². The first-order valence-corrected chi connectivity index (χ1v) is 12.9. The second-order valence-corrected chi connectivity index (χ2v) is 9.18. The fraction of sp³-hybridized carbons (Fsp3) is 0.379. The number of ether oxygens (including phenoxy) is 4. The van der Waals surface area contributed by atoms with Gasteiger partial charge in [-0.15, -0.1) is 0 Å². The highest BCUT2D eigenvalue weighted by Crippen LogP contribution is 2.44. The number of dihydropyridines is 1. The van der Waals surface area contributed by atoms with Gasteiger partial charge in [-0.2, -0.15) is 0 Å². The van der Waals surface area contributed by atoms with E-state index in [0.717, 1.165) is 19.3 Å². The van der Waals surface area contributed by atoms with Crippen molar-refractivity contribution >= 4 is 17.6 Å². The van der Waals surface area contributed by atoms with Gasteiger partial charge in [0.25, 0.3) is 5.69 Å². The molecule has 11 nitrogen and oxygen atoms in total. The number of phenolic OH excluding ortho intramolecular Hbond substituents is 1. The second-order valence-electron chi connectivity index (χ2n) is 9.18. The number of carbonyl (C=O) groups excluding carboxylic acids is 2. The first-order valence-electron chi connectivity index (χ1n) is 12.9. The third kappa shape index (κ3) is 7.10. The number of carbonyl (C=O) groups is 2. The molecular formula is C29H34N2O9. The van der Waals surface area contributed by atoms with E-state index in [0.29, 0.717) is 42.5 Å². The normalized spacial score (nSPS) is 13.5. The van der Waals surface area contributed by atoms with Gasteiger partial charge >= 0.3 is 11.9 Å². The number of benzene rings is 2. The van der Waals surface area contributed by atoms with Crippen LogP contribution in [-0.2, 0) is 19.1 Å². The third-order valence-electron chi connectivity index (χ3n) is 6.51. The van der Waals surface area contributed by atoms with Crippen LogP contribution in [0.15, 0.2) is 65.0 Å². The molecule has 3 rings (SSSR count). The van der Waals surface area contributed by atoms with E-state index in [4.69, 9.17) is 18.9 Å². The number of rotatable bonds is 13. The number of aromatic hydroxyl groups is 1. The van der Waals surface area contributed by atoms with Crippen molar-refractivity contribution in [2.24, 2.45) is 0 Å². The molecule has 0 aliphatic carbocycles. The molecular weight excluding hydrogens is 520 g/mol. The van der Waals surface area contributed by atoms with Crippen LogP contribution in [-0.4, -0.2) is 49.4 Å². The Bertz CT molecular complexity index is 1280. The SMILES string of the molecule is COC(=O)C1=C(C)NC(C)=C(C(=O)OC)C1c1cc([N+](=O)[O-])ccc1OCCCCCCOc1ccccc1O. The summed E-state index contributed by atoms with van der Waals surface area (Å²) in [4.78, 5) is 36.8. The molecule has 214 valence electrons. The van der Waals surface area contributed by atoms with E-state index in [1.807, 2.05) is 0 Å². The summed E-state index contributed by atoms with van der Waals surface area (Å²) >= 11 is 0. The zero-order valence-corrected chi connectivity index (χ0v) is 23.0. The summed E-state index contributed by atoms with van der Waals surface area (Å²) < 4.78 is 21.6. The van der Waals surface area contributed by atoms with Crippen LogP contribution in [0.25, 0.3) is 0 Å². The van der Waals surface area contributed by atoms with E-state index in [9.17, 15) is 24.8 Å². The Labute approximate surface area is 232 Å². The Morgan fingerprint density at radius 2 is 1.43 bits per heavy atom. The van der Waals surface area contributed by atoms with Crippen molar-refractivity contribution in [1.29, 1.82) is 0 Å². The van der Waals surface area contributed by atoms with Gasteiger partial charge in [-0.1, -0.05) is 12.1 Å². The monoisotopic (exact) mass is 554 g/mol. The van der Waals surface area contributed by atoms with Crippen LogP contribution < -0.4 is 14.8 Å². The molecule has 0 spiro atoms. The van der Waals surface area contributed by atoms with Gasteiger partial charge in [0.1, 0.15) is 5.75 Å². The van der Waals surface area contributed by atoms with Gasteiger partial charge in [-0.3, -0.25) is 10.1 Å². The van der Waals surface area contributed by atoms with Crippen molar-refractivity contribution in [2.75, 3.05) is 27.4 Å². The van der Waals surface area contributed by atoms with Gasteiger partial charge in [0, 0.05) is 29.1 Å². The molecule has 0 saturated carbocycles. The van der Waals surface area contributed by atoms with Crippen LogP contribution in [0.5, 0.6) is 17.2 Å². The second kappa shape index (κ2) is 14.0. The zero-order valence-electron chi connectivity index (χ0n) is 23.0. The van der Waals surface area contributed by atoms with E-state index < -0.39 is 22.8 Å². The lowest BCUT2D eigenvalue weighted by Crippen LogP contribution is -2.32. The lowest BCUT2D eigenvalue weighted by atomic mass is 9.80. The number of non-ortho nitro benzene ring substituents is 1. The number of phenols is 1. The van der Waals surface area contributed by atoms with Crippen LogP contribution in [0, 0.1) is 10.1 Å². The van der Waals surface area contributed by atoms with Crippen LogP contribution >= 0.6 is 0 Å². The lowest BCUT2D eigenvalue weighted by molar-refractivity contribution is -0.384. The predicted molar refractivity (Wildman–Crippen MR) is 146 cm³/mol. The lowest BCUT2D eigenvalue weighted by Gasteiger charge is -2.30. The molecule has 40 heavy (non-hydrogen) atoms. The highest BCUT2D eigenvalue weighted by Gasteiger charge is 2.39. The number of esters is 2. The van der Waals surface area contributed by atoms with E-state index in [2.05, 4.69) is 5.32 Å². The molecule has 2 N–H and O–H groups in total. The van der Waals surface area contributed by atoms with E-state index >= 15 is 0 Å². The number of para-hydroxylation sites is 2. The number of nitro groups is 1. The van der Waals surface area contributed by atoms with Gasteiger partial charge in [0.05, 0.1) is 49.4 Å². The molecule has 0 amide bonds. The molecule has 2 aromatic carbocycles. The number of hydrogen-bond acceptors (Lipinski definition) is 10. The maximum absolute atomic E-state index is 12.9. The highest BCUT2D eigenvalue weighted by molar-refractivity contribution is 6.00. The zero-order chi connectivity index (χ0) is 29.2. The summed E-state index contributed by atoms with van der Waals surface area (Å²) in [7, 11) is 2.45. The number of nitrogens with one attached hydrogen (secondary N) is 1. The molecule has 0 unspecified atom stereocenters. The maximum atomic E-state index is 12.9. The molecule has 0 fully saturated rings. The van der Waals surface area contributed by atoms with Crippen LogP contribution in [0.2, 0.25) is 0 Å². The molecule has 0 radical (unpaired) electrons. The van der Waals surface area contributed by atoms with Crippen molar-refractivity contribution in [2.45, 2.75) is 45.4 Å². The summed E-state index contributed by atoms with van der Waals surface area (Å²) in [5.74, 6) is -1.53. The Morgan fingerprint density at radius 3 is 1.95 bits per heavy atom. The van der Waals surface area contributed by atoms with E-state index in [1.54, 1.807) is 38.1 Å². The summed E-state index contributed by atoms with van der Waals surface area (Å²) in [5.41, 5.74) is 1.22. The van der Waals surface area contributed by atoms with Gasteiger partial charge in [0.15, 0.2) is 11.5 Å². The molecule has 11 heteroatoms. The smallest absolute Gasteiger partial charge is 0.336 e. The highest BCUT2D eigenvalue weighted by atomic mass is 16.6. The average molecular weight is 555 g/mol. The summed E-state index contributed by atoms with van der Waals surface area (Å²) in [6.45, 7) is 4.10. The Morgan fingerprint density at radius 1 is 0.875 bits per heavy atom. The van der Waals surface area contributed by atoms with Crippen molar-refractivity contribution in [3.05, 3.63) is 80.7 Å². The van der Waals surface area contributed by atoms with Crippen molar-refractivity contribution < 1.29 is 38.6 Å². The molecule has 0 saturated heterocycles. The summed E-state index contributed by atoms with van der Waals surface area (Å²) in [6.07, 6.45) is 3.17. The molecule has 1 heterocycles. The minimum atomic E-state index is -1.01.